The van der Waals surface area contributed by atoms with Crippen LogP contribution in [0.1, 0.15) is 30.9 Å². The van der Waals surface area contributed by atoms with E-state index in [1.807, 2.05) is 12.3 Å². The van der Waals surface area contributed by atoms with E-state index in [0.717, 1.165) is 56.1 Å². The largest absolute Gasteiger partial charge is 0.381 e. The molecule has 1 saturated heterocycles. The van der Waals surface area contributed by atoms with Gasteiger partial charge in [0.2, 0.25) is 5.95 Å². The van der Waals surface area contributed by atoms with Gasteiger partial charge < -0.3 is 14.6 Å². The van der Waals surface area contributed by atoms with Gasteiger partial charge in [-0.2, -0.15) is 4.98 Å². The Morgan fingerprint density at radius 2 is 1.96 bits per heavy atom. The lowest BCUT2D eigenvalue weighted by Crippen LogP contribution is -2.29. The van der Waals surface area contributed by atoms with Crippen LogP contribution in [0.15, 0.2) is 42.6 Å². The van der Waals surface area contributed by atoms with E-state index in [2.05, 4.69) is 52.1 Å². The molecule has 0 spiro atoms. The second kappa shape index (κ2) is 7.23. The molecule has 130 valence electrons. The maximum atomic E-state index is 5.47. The van der Waals surface area contributed by atoms with Gasteiger partial charge in [-0.05, 0) is 36.5 Å². The molecule has 1 aromatic carbocycles. The number of nitrogens with one attached hydrogen (secondary N) is 1. The van der Waals surface area contributed by atoms with Crippen molar-refractivity contribution in [2.24, 2.45) is 0 Å². The minimum Gasteiger partial charge on any atom is -0.381 e. The molecular formula is C20H24N4O. The fourth-order valence-electron chi connectivity index (χ4n) is 3.30. The van der Waals surface area contributed by atoms with Crippen LogP contribution in [0.25, 0.3) is 11.2 Å². The summed E-state index contributed by atoms with van der Waals surface area (Å²) in [7, 11) is 0. The van der Waals surface area contributed by atoms with Crippen molar-refractivity contribution in [1.82, 2.24) is 14.5 Å². The molecule has 1 aliphatic heterocycles. The number of rotatable bonds is 5. The number of aromatic nitrogens is 3. The molecule has 3 heterocycles. The van der Waals surface area contributed by atoms with Crippen LogP contribution in [0.3, 0.4) is 0 Å². The molecule has 5 nitrogen and oxygen atoms in total. The Labute approximate surface area is 148 Å². The van der Waals surface area contributed by atoms with Crippen LogP contribution in [0, 0.1) is 0 Å². The Morgan fingerprint density at radius 1 is 1.16 bits per heavy atom. The molecule has 0 bridgehead atoms. The molecule has 1 N–H and O–H groups in total. The van der Waals surface area contributed by atoms with Crippen molar-refractivity contribution in [3.63, 3.8) is 0 Å². The molecule has 25 heavy (non-hydrogen) atoms. The van der Waals surface area contributed by atoms with Gasteiger partial charge in [0.25, 0.3) is 0 Å². The summed E-state index contributed by atoms with van der Waals surface area (Å²) in [4.78, 5) is 9.35. The van der Waals surface area contributed by atoms with E-state index in [4.69, 9.17) is 9.72 Å². The first kappa shape index (κ1) is 16.1. The van der Waals surface area contributed by atoms with Crippen LogP contribution >= 0.6 is 0 Å². The van der Waals surface area contributed by atoms with Crippen LogP contribution in [0.5, 0.6) is 0 Å². The minimum atomic E-state index is 0.408. The molecule has 0 saturated carbocycles. The average molecular weight is 336 g/mol. The smallest absolute Gasteiger partial charge is 0.205 e. The van der Waals surface area contributed by atoms with Crippen molar-refractivity contribution < 1.29 is 4.74 Å². The maximum Gasteiger partial charge on any atom is 0.205 e. The van der Waals surface area contributed by atoms with E-state index >= 15 is 0 Å². The normalized spacial score (nSPS) is 15.6. The van der Waals surface area contributed by atoms with E-state index < -0.39 is 0 Å². The Bertz CT molecular complexity index is 838. The second-order valence-electron chi connectivity index (χ2n) is 6.58. The lowest BCUT2D eigenvalue weighted by Gasteiger charge is -2.24. The summed E-state index contributed by atoms with van der Waals surface area (Å²) in [5.74, 6) is 0.909. The summed E-state index contributed by atoms with van der Waals surface area (Å²) in [5.41, 5.74) is 4.40. The third kappa shape index (κ3) is 3.51. The van der Waals surface area contributed by atoms with E-state index in [9.17, 15) is 0 Å². The summed E-state index contributed by atoms with van der Waals surface area (Å²) < 4.78 is 7.73. The summed E-state index contributed by atoms with van der Waals surface area (Å²) >= 11 is 0. The number of imidazole rings is 1. The van der Waals surface area contributed by atoms with E-state index in [0.29, 0.717) is 6.04 Å². The van der Waals surface area contributed by atoms with Gasteiger partial charge in [0.05, 0.1) is 12.1 Å². The van der Waals surface area contributed by atoms with Gasteiger partial charge in [-0.25, -0.2) is 4.98 Å². The third-order valence-electron chi connectivity index (χ3n) is 4.81. The quantitative estimate of drug-likeness (QED) is 0.773. The molecule has 3 aromatic rings. The van der Waals surface area contributed by atoms with Gasteiger partial charge >= 0.3 is 0 Å². The number of hydrogen-bond acceptors (Lipinski definition) is 4. The summed E-state index contributed by atoms with van der Waals surface area (Å²) in [5, 5.41) is 3.63. The number of fused-ring (bicyclic) bond motifs is 1. The number of nitrogens with zero attached hydrogens (tertiary/aromatic N) is 3. The van der Waals surface area contributed by atoms with Crippen LogP contribution in [0.4, 0.5) is 5.95 Å². The fourth-order valence-corrected chi connectivity index (χ4v) is 3.30. The van der Waals surface area contributed by atoms with Gasteiger partial charge in [0.1, 0.15) is 0 Å². The molecule has 1 fully saturated rings. The summed E-state index contributed by atoms with van der Waals surface area (Å²) in [6.45, 7) is 4.57. The Hall–Kier alpha value is -2.40. The van der Waals surface area contributed by atoms with Crippen LogP contribution < -0.4 is 5.32 Å². The third-order valence-corrected chi connectivity index (χ3v) is 4.81. The highest BCUT2D eigenvalue weighted by molar-refractivity contribution is 5.75. The van der Waals surface area contributed by atoms with Gasteiger partial charge in [0, 0.05) is 25.5 Å². The predicted molar refractivity (Wildman–Crippen MR) is 99.9 cm³/mol. The van der Waals surface area contributed by atoms with Crippen molar-refractivity contribution in [3.8, 4) is 0 Å². The number of anilines is 1. The molecule has 0 radical (unpaired) electrons. The molecule has 4 rings (SSSR count). The van der Waals surface area contributed by atoms with E-state index in [-0.39, 0.29) is 0 Å². The highest BCUT2D eigenvalue weighted by Crippen LogP contribution is 2.23. The molecule has 0 unspecified atom stereocenters. The summed E-state index contributed by atoms with van der Waals surface area (Å²) in [6, 6.07) is 13.1. The lowest BCUT2D eigenvalue weighted by atomic mass is 10.1. The SMILES string of the molecule is CCc1cnc2nc(NC3CCOCC3)n(Cc3ccccc3)c2c1. The van der Waals surface area contributed by atoms with Gasteiger partial charge in [0.15, 0.2) is 5.65 Å². The first-order valence-corrected chi connectivity index (χ1v) is 9.07. The van der Waals surface area contributed by atoms with Gasteiger partial charge in [-0.1, -0.05) is 37.3 Å². The standard InChI is InChI=1S/C20H24N4O/c1-2-15-12-18-19(21-13-15)23-20(22-17-8-10-25-11-9-17)24(18)14-16-6-4-3-5-7-16/h3-7,12-13,17H,2,8-11,14H2,1H3,(H,21,22,23). The van der Waals surface area contributed by atoms with Crippen LogP contribution in [0.2, 0.25) is 0 Å². The molecule has 1 aliphatic rings. The van der Waals surface area contributed by atoms with Gasteiger partial charge in [-0.15, -0.1) is 0 Å². The molecular weight excluding hydrogens is 312 g/mol. The molecule has 2 aromatic heterocycles. The zero-order chi connectivity index (χ0) is 17.1. The monoisotopic (exact) mass is 336 g/mol. The van der Waals surface area contributed by atoms with E-state index in [1.165, 1.54) is 11.1 Å². The Morgan fingerprint density at radius 3 is 2.72 bits per heavy atom. The molecule has 0 amide bonds. The lowest BCUT2D eigenvalue weighted by molar-refractivity contribution is 0.0902. The topological polar surface area (TPSA) is 52.0 Å². The van der Waals surface area contributed by atoms with Crippen molar-refractivity contribution in [1.29, 1.82) is 0 Å². The molecule has 5 heteroatoms. The predicted octanol–water partition coefficient (Wildman–Crippen LogP) is 3.63. The molecule has 0 atom stereocenters. The zero-order valence-electron chi connectivity index (χ0n) is 14.6. The summed E-state index contributed by atoms with van der Waals surface area (Å²) in [6.07, 6.45) is 4.94. The van der Waals surface area contributed by atoms with Gasteiger partial charge in [-0.3, -0.25) is 0 Å². The number of aryl methyl sites for hydroxylation is 1. The number of pyridine rings is 1. The van der Waals surface area contributed by atoms with Crippen molar-refractivity contribution >= 4 is 17.1 Å². The first-order chi connectivity index (χ1) is 12.3. The maximum absolute atomic E-state index is 5.47. The van der Waals surface area contributed by atoms with E-state index in [1.54, 1.807) is 0 Å². The Kier molecular flexibility index (Phi) is 4.65. The number of benzene rings is 1. The van der Waals surface area contributed by atoms with Crippen LogP contribution in [-0.4, -0.2) is 33.8 Å². The number of ether oxygens (including phenoxy) is 1. The fraction of sp³-hybridized carbons (Fsp3) is 0.400. The second-order valence-corrected chi connectivity index (χ2v) is 6.58. The van der Waals surface area contributed by atoms with Crippen molar-refractivity contribution in [2.75, 3.05) is 18.5 Å². The van der Waals surface area contributed by atoms with Crippen LogP contribution in [-0.2, 0) is 17.7 Å². The molecule has 0 aliphatic carbocycles. The average Bonchev–Trinajstić information content (AvgIpc) is 3.00. The van der Waals surface area contributed by atoms with Crippen molar-refractivity contribution in [2.45, 2.75) is 38.8 Å². The zero-order valence-corrected chi connectivity index (χ0v) is 14.6. The number of hydrogen-bond donors (Lipinski definition) is 1. The Balaban J connectivity index is 1.72. The highest BCUT2D eigenvalue weighted by atomic mass is 16.5. The minimum absolute atomic E-state index is 0.408. The first-order valence-electron chi connectivity index (χ1n) is 9.07. The highest BCUT2D eigenvalue weighted by Gasteiger charge is 2.18. The van der Waals surface area contributed by atoms with Crippen molar-refractivity contribution in [3.05, 3.63) is 53.7 Å².